The Balaban J connectivity index is 2.08. The average molecular weight is 240 g/mol. The molecular weight excluding hydrogens is 221 g/mol. The second-order valence-corrected chi connectivity index (χ2v) is 4.03. The summed E-state index contributed by atoms with van der Waals surface area (Å²) in [5, 5.41) is 3.35. The number of alkyl halides is 3. The molecule has 1 N–H and O–H groups in total. The van der Waals surface area contributed by atoms with E-state index in [0.717, 1.165) is 26.1 Å². The normalized spacial score (nSPS) is 23.6. The summed E-state index contributed by atoms with van der Waals surface area (Å²) < 4.78 is 40.0. The topological polar surface area (TPSA) is 24.5 Å². The monoisotopic (exact) mass is 240 g/mol. The van der Waals surface area contributed by atoms with Gasteiger partial charge in [0.1, 0.15) is 6.61 Å². The van der Waals surface area contributed by atoms with Crippen LogP contribution in [0.3, 0.4) is 0 Å². The van der Waals surface area contributed by atoms with Crippen LogP contribution in [0, 0.1) is 0 Å². The van der Waals surface area contributed by atoms with Crippen molar-refractivity contribution >= 4 is 0 Å². The summed E-state index contributed by atoms with van der Waals surface area (Å²) >= 11 is 0. The molecule has 1 aliphatic rings. The molecule has 96 valence electrons. The maximum atomic E-state index is 11.8. The molecule has 0 amide bonds. The molecule has 1 rings (SSSR count). The smallest absolute Gasteiger partial charge is 0.371 e. The summed E-state index contributed by atoms with van der Waals surface area (Å²) in [5.74, 6) is 0. The van der Waals surface area contributed by atoms with Gasteiger partial charge in [-0.1, -0.05) is 6.92 Å². The van der Waals surface area contributed by atoms with Gasteiger partial charge in [0.25, 0.3) is 0 Å². The third kappa shape index (κ3) is 5.67. The van der Waals surface area contributed by atoms with E-state index in [4.69, 9.17) is 0 Å². The molecular formula is C10H19F3N2O. The van der Waals surface area contributed by atoms with E-state index in [2.05, 4.69) is 21.9 Å². The van der Waals surface area contributed by atoms with Gasteiger partial charge in [-0.3, -0.25) is 4.90 Å². The number of hydrogen-bond acceptors (Lipinski definition) is 3. The van der Waals surface area contributed by atoms with Crippen molar-refractivity contribution < 1.29 is 17.9 Å². The van der Waals surface area contributed by atoms with Crippen LogP contribution in [-0.2, 0) is 4.74 Å². The van der Waals surface area contributed by atoms with Gasteiger partial charge in [-0.2, -0.15) is 13.2 Å². The Morgan fingerprint density at radius 3 is 2.81 bits per heavy atom. The molecule has 0 radical (unpaired) electrons. The van der Waals surface area contributed by atoms with Crippen molar-refractivity contribution in [2.75, 3.05) is 39.4 Å². The zero-order chi connectivity index (χ0) is 12.0. The zero-order valence-electron chi connectivity index (χ0n) is 9.52. The van der Waals surface area contributed by atoms with Gasteiger partial charge in [0.05, 0.1) is 6.61 Å². The van der Waals surface area contributed by atoms with Gasteiger partial charge in [-0.05, 0) is 6.42 Å². The summed E-state index contributed by atoms with van der Waals surface area (Å²) in [5.41, 5.74) is 0. The van der Waals surface area contributed by atoms with E-state index in [-0.39, 0.29) is 6.61 Å². The molecule has 0 spiro atoms. The molecule has 0 bridgehead atoms. The fraction of sp³-hybridized carbons (Fsp3) is 1.00. The SMILES string of the molecule is CCC1CN(CCOCC(F)(F)F)CCN1. The Bertz CT molecular complexity index is 199. The maximum absolute atomic E-state index is 11.8. The van der Waals surface area contributed by atoms with E-state index in [1.54, 1.807) is 0 Å². The van der Waals surface area contributed by atoms with Crippen molar-refractivity contribution in [3.8, 4) is 0 Å². The quantitative estimate of drug-likeness (QED) is 0.732. The first-order valence-electron chi connectivity index (χ1n) is 5.61. The molecule has 3 nitrogen and oxygen atoms in total. The van der Waals surface area contributed by atoms with Crippen LogP contribution < -0.4 is 5.32 Å². The fourth-order valence-electron chi connectivity index (χ4n) is 1.75. The highest BCUT2D eigenvalue weighted by atomic mass is 19.4. The lowest BCUT2D eigenvalue weighted by Crippen LogP contribution is -2.51. The lowest BCUT2D eigenvalue weighted by atomic mass is 10.1. The lowest BCUT2D eigenvalue weighted by Gasteiger charge is -2.33. The molecule has 0 aromatic heterocycles. The van der Waals surface area contributed by atoms with Crippen molar-refractivity contribution in [2.45, 2.75) is 25.6 Å². The number of nitrogens with zero attached hydrogens (tertiary/aromatic N) is 1. The predicted octanol–water partition coefficient (Wildman–Crippen LogP) is 1.25. The van der Waals surface area contributed by atoms with Gasteiger partial charge in [0, 0.05) is 32.2 Å². The van der Waals surface area contributed by atoms with Crippen LogP contribution >= 0.6 is 0 Å². The molecule has 1 fully saturated rings. The van der Waals surface area contributed by atoms with Crippen LogP contribution in [0.4, 0.5) is 13.2 Å². The highest BCUT2D eigenvalue weighted by molar-refractivity contribution is 4.77. The van der Waals surface area contributed by atoms with Gasteiger partial charge in [0.15, 0.2) is 0 Å². The van der Waals surface area contributed by atoms with Crippen LogP contribution in [0.5, 0.6) is 0 Å². The summed E-state index contributed by atoms with van der Waals surface area (Å²) in [7, 11) is 0. The molecule has 1 heterocycles. The number of hydrogen-bond donors (Lipinski definition) is 1. The average Bonchev–Trinajstić information content (AvgIpc) is 2.23. The third-order valence-electron chi connectivity index (χ3n) is 2.65. The number of nitrogens with one attached hydrogen (secondary N) is 1. The van der Waals surface area contributed by atoms with Gasteiger partial charge in [0.2, 0.25) is 0 Å². The summed E-state index contributed by atoms with van der Waals surface area (Å²) in [6.07, 6.45) is -3.17. The van der Waals surface area contributed by atoms with Crippen molar-refractivity contribution in [1.29, 1.82) is 0 Å². The van der Waals surface area contributed by atoms with E-state index in [9.17, 15) is 13.2 Å². The van der Waals surface area contributed by atoms with E-state index < -0.39 is 12.8 Å². The minimum atomic E-state index is -4.21. The highest BCUT2D eigenvalue weighted by Gasteiger charge is 2.27. The first-order valence-corrected chi connectivity index (χ1v) is 5.61. The minimum absolute atomic E-state index is 0.149. The van der Waals surface area contributed by atoms with Gasteiger partial charge >= 0.3 is 6.18 Å². The first kappa shape index (κ1) is 13.7. The summed E-state index contributed by atoms with van der Waals surface area (Å²) in [6, 6.07) is 0.455. The highest BCUT2D eigenvalue weighted by Crippen LogP contribution is 2.14. The number of piperazine rings is 1. The van der Waals surface area contributed by atoms with Crippen LogP contribution in [0.15, 0.2) is 0 Å². The van der Waals surface area contributed by atoms with Crippen molar-refractivity contribution in [3.05, 3.63) is 0 Å². The fourth-order valence-corrected chi connectivity index (χ4v) is 1.75. The molecule has 6 heteroatoms. The molecule has 16 heavy (non-hydrogen) atoms. The van der Waals surface area contributed by atoms with Crippen LogP contribution in [0.1, 0.15) is 13.3 Å². The molecule has 0 aliphatic carbocycles. The van der Waals surface area contributed by atoms with Gasteiger partial charge < -0.3 is 10.1 Å². The molecule has 1 unspecified atom stereocenters. The Morgan fingerprint density at radius 2 is 2.19 bits per heavy atom. The van der Waals surface area contributed by atoms with Crippen LogP contribution in [0.25, 0.3) is 0 Å². The van der Waals surface area contributed by atoms with E-state index >= 15 is 0 Å². The molecule has 1 aliphatic heterocycles. The van der Waals surface area contributed by atoms with Crippen molar-refractivity contribution in [2.24, 2.45) is 0 Å². The Kier molecular flexibility index (Phi) is 5.51. The Morgan fingerprint density at radius 1 is 1.44 bits per heavy atom. The Hall–Kier alpha value is -0.330. The van der Waals surface area contributed by atoms with Gasteiger partial charge in [-0.25, -0.2) is 0 Å². The zero-order valence-corrected chi connectivity index (χ0v) is 9.52. The predicted molar refractivity (Wildman–Crippen MR) is 55.4 cm³/mol. The maximum Gasteiger partial charge on any atom is 0.411 e. The first-order chi connectivity index (χ1) is 7.51. The van der Waals surface area contributed by atoms with Crippen LogP contribution in [0.2, 0.25) is 0 Å². The molecule has 0 aromatic rings. The number of ether oxygens (including phenoxy) is 1. The molecule has 1 atom stereocenters. The lowest BCUT2D eigenvalue weighted by molar-refractivity contribution is -0.174. The molecule has 0 aromatic carbocycles. The van der Waals surface area contributed by atoms with Crippen molar-refractivity contribution in [3.63, 3.8) is 0 Å². The second kappa shape index (κ2) is 6.42. The Labute approximate surface area is 93.9 Å². The molecule has 0 saturated carbocycles. The van der Waals surface area contributed by atoms with Gasteiger partial charge in [-0.15, -0.1) is 0 Å². The second-order valence-electron chi connectivity index (χ2n) is 4.03. The standard InChI is InChI=1S/C10H19F3N2O/c1-2-9-7-15(4-3-14-9)5-6-16-8-10(11,12)13/h9,14H,2-8H2,1H3. The number of rotatable bonds is 5. The van der Waals surface area contributed by atoms with Crippen LogP contribution in [-0.4, -0.2) is 56.5 Å². The number of halogens is 3. The van der Waals surface area contributed by atoms with E-state index in [1.807, 2.05) is 0 Å². The van der Waals surface area contributed by atoms with Crippen molar-refractivity contribution in [1.82, 2.24) is 10.2 Å². The largest absolute Gasteiger partial charge is 0.411 e. The van der Waals surface area contributed by atoms with E-state index in [1.165, 1.54) is 0 Å². The molecule has 1 saturated heterocycles. The third-order valence-corrected chi connectivity index (χ3v) is 2.65. The summed E-state index contributed by atoms with van der Waals surface area (Å²) in [4.78, 5) is 2.14. The summed E-state index contributed by atoms with van der Waals surface area (Å²) in [6.45, 7) is 4.36. The van der Waals surface area contributed by atoms with E-state index in [0.29, 0.717) is 12.6 Å². The minimum Gasteiger partial charge on any atom is -0.371 e.